The zero-order chi connectivity index (χ0) is 15.4. The largest absolute Gasteiger partial charge is 0.309 e. The van der Waals surface area contributed by atoms with Crippen molar-refractivity contribution in [3.8, 4) is 0 Å². The molecule has 0 aliphatic rings. The van der Waals surface area contributed by atoms with Crippen molar-refractivity contribution in [1.82, 2.24) is 20.1 Å². The Balaban J connectivity index is 2.15. The van der Waals surface area contributed by atoms with Crippen molar-refractivity contribution < 1.29 is 0 Å². The fourth-order valence-electron chi connectivity index (χ4n) is 2.31. The van der Waals surface area contributed by atoms with Gasteiger partial charge in [-0.15, -0.1) is 10.2 Å². The van der Waals surface area contributed by atoms with Gasteiger partial charge in [0.2, 0.25) is 0 Å². The zero-order valence-corrected chi connectivity index (χ0v) is 14.3. The molecule has 1 heterocycles. The van der Waals surface area contributed by atoms with Gasteiger partial charge in [-0.25, -0.2) is 0 Å². The number of aromatic nitrogens is 3. The fourth-order valence-corrected chi connectivity index (χ4v) is 3.35. The summed E-state index contributed by atoms with van der Waals surface area (Å²) in [5, 5.41) is 12.9. The predicted octanol–water partition coefficient (Wildman–Crippen LogP) is 3.18. The quantitative estimate of drug-likeness (QED) is 0.832. The average molecular weight is 304 g/mol. The van der Waals surface area contributed by atoms with Crippen molar-refractivity contribution >= 4 is 11.8 Å². The van der Waals surface area contributed by atoms with E-state index in [1.165, 1.54) is 16.7 Å². The summed E-state index contributed by atoms with van der Waals surface area (Å²) in [7, 11) is 2.01. The van der Waals surface area contributed by atoms with Crippen LogP contribution >= 0.6 is 11.8 Å². The van der Waals surface area contributed by atoms with Crippen LogP contribution in [0.3, 0.4) is 0 Å². The molecule has 0 aliphatic carbocycles. The lowest BCUT2D eigenvalue weighted by Crippen LogP contribution is -2.24. The van der Waals surface area contributed by atoms with E-state index in [0.29, 0.717) is 6.04 Å². The molecule has 1 aromatic heterocycles. The maximum absolute atomic E-state index is 4.23. The van der Waals surface area contributed by atoms with Gasteiger partial charge in [-0.2, -0.15) is 0 Å². The van der Waals surface area contributed by atoms with E-state index in [1.807, 2.05) is 18.5 Å². The van der Waals surface area contributed by atoms with Gasteiger partial charge in [0.05, 0.1) is 0 Å². The van der Waals surface area contributed by atoms with Crippen LogP contribution in [0.5, 0.6) is 0 Å². The van der Waals surface area contributed by atoms with Crippen LogP contribution in [-0.4, -0.2) is 27.1 Å². The summed E-state index contributed by atoms with van der Waals surface area (Å²) < 4.78 is 2.04. The molecule has 2 aromatic rings. The molecule has 0 radical (unpaired) electrons. The molecule has 0 fully saturated rings. The van der Waals surface area contributed by atoms with Crippen LogP contribution in [0.4, 0.5) is 0 Å². The van der Waals surface area contributed by atoms with E-state index in [-0.39, 0.29) is 0 Å². The number of rotatable bonds is 6. The molecule has 1 unspecified atom stereocenters. The third kappa shape index (κ3) is 3.86. The molecule has 0 aliphatic heterocycles. The van der Waals surface area contributed by atoms with Crippen molar-refractivity contribution in [2.24, 2.45) is 7.05 Å². The highest BCUT2D eigenvalue weighted by Crippen LogP contribution is 2.26. The van der Waals surface area contributed by atoms with Crippen LogP contribution in [0, 0.1) is 20.8 Å². The lowest BCUT2D eigenvalue weighted by Gasteiger charge is -2.20. The van der Waals surface area contributed by atoms with E-state index < -0.39 is 0 Å². The summed E-state index contributed by atoms with van der Waals surface area (Å²) >= 11 is 1.75. The first kappa shape index (κ1) is 16.0. The van der Waals surface area contributed by atoms with Crippen molar-refractivity contribution in [3.63, 3.8) is 0 Å². The molecule has 2 rings (SSSR count). The minimum Gasteiger partial charge on any atom is -0.309 e. The Morgan fingerprint density at radius 3 is 2.62 bits per heavy atom. The Hall–Kier alpha value is -1.33. The number of hydrogen-bond donors (Lipinski definition) is 1. The molecule has 0 bridgehead atoms. The number of thioether (sulfide) groups is 1. The fraction of sp³-hybridized carbons (Fsp3) is 0.500. The molecular weight excluding hydrogens is 280 g/mol. The van der Waals surface area contributed by atoms with Crippen LogP contribution in [0.15, 0.2) is 23.4 Å². The Labute approximate surface area is 131 Å². The van der Waals surface area contributed by atoms with Gasteiger partial charge in [-0.05, 0) is 38.4 Å². The molecule has 114 valence electrons. The SMILES string of the molecule is CCNC(CSc1nnc(C)n1C)c1cc(C)ccc1C. The minimum absolute atomic E-state index is 0.330. The summed E-state index contributed by atoms with van der Waals surface area (Å²) in [6.45, 7) is 9.40. The highest BCUT2D eigenvalue weighted by Gasteiger charge is 2.15. The molecule has 1 atom stereocenters. The summed E-state index contributed by atoms with van der Waals surface area (Å²) in [5.41, 5.74) is 4.02. The third-order valence-electron chi connectivity index (χ3n) is 3.69. The smallest absolute Gasteiger partial charge is 0.191 e. The minimum atomic E-state index is 0.330. The van der Waals surface area contributed by atoms with Gasteiger partial charge in [-0.3, -0.25) is 0 Å². The molecule has 1 aromatic carbocycles. The highest BCUT2D eigenvalue weighted by atomic mass is 32.2. The topological polar surface area (TPSA) is 42.7 Å². The molecule has 1 N–H and O–H groups in total. The van der Waals surface area contributed by atoms with Gasteiger partial charge in [0.25, 0.3) is 0 Å². The van der Waals surface area contributed by atoms with Crippen LogP contribution < -0.4 is 5.32 Å². The van der Waals surface area contributed by atoms with Crippen molar-refractivity contribution in [2.45, 2.75) is 38.9 Å². The van der Waals surface area contributed by atoms with E-state index in [1.54, 1.807) is 11.8 Å². The third-order valence-corrected chi connectivity index (χ3v) is 4.81. The molecule has 5 heteroatoms. The van der Waals surface area contributed by atoms with E-state index in [0.717, 1.165) is 23.3 Å². The number of nitrogens with one attached hydrogen (secondary N) is 1. The van der Waals surface area contributed by atoms with Crippen molar-refractivity contribution in [1.29, 1.82) is 0 Å². The summed E-state index contributed by atoms with van der Waals surface area (Å²) in [4.78, 5) is 0. The van der Waals surface area contributed by atoms with Gasteiger partial charge in [0.15, 0.2) is 5.16 Å². The molecular formula is C16H24N4S. The Kier molecular flexibility index (Phi) is 5.42. The zero-order valence-electron chi connectivity index (χ0n) is 13.5. The van der Waals surface area contributed by atoms with Gasteiger partial charge in [0, 0.05) is 18.8 Å². The number of nitrogens with zero attached hydrogens (tertiary/aromatic N) is 3. The maximum Gasteiger partial charge on any atom is 0.191 e. The molecule has 4 nitrogen and oxygen atoms in total. The normalized spacial score (nSPS) is 12.6. The monoisotopic (exact) mass is 304 g/mol. The second-order valence-corrected chi connectivity index (χ2v) is 6.36. The summed E-state index contributed by atoms with van der Waals surface area (Å²) in [6, 6.07) is 6.98. The first-order valence-corrected chi connectivity index (χ1v) is 8.30. The Bertz CT molecular complexity index is 606. The van der Waals surface area contributed by atoms with Crippen molar-refractivity contribution in [3.05, 3.63) is 40.7 Å². The Morgan fingerprint density at radius 2 is 2.00 bits per heavy atom. The van der Waals surface area contributed by atoms with Crippen LogP contribution in [0.2, 0.25) is 0 Å². The summed E-state index contributed by atoms with van der Waals surface area (Å²) in [6.07, 6.45) is 0. The van der Waals surface area contributed by atoms with Crippen LogP contribution in [-0.2, 0) is 7.05 Å². The first-order valence-electron chi connectivity index (χ1n) is 7.32. The highest BCUT2D eigenvalue weighted by molar-refractivity contribution is 7.99. The van der Waals surface area contributed by atoms with Gasteiger partial charge < -0.3 is 9.88 Å². The Morgan fingerprint density at radius 1 is 1.24 bits per heavy atom. The van der Waals surface area contributed by atoms with Crippen LogP contribution in [0.25, 0.3) is 0 Å². The number of aryl methyl sites for hydroxylation is 3. The van der Waals surface area contributed by atoms with E-state index in [4.69, 9.17) is 0 Å². The average Bonchev–Trinajstić information content (AvgIpc) is 2.78. The predicted molar refractivity (Wildman–Crippen MR) is 88.8 cm³/mol. The second kappa shape index (κ2) is 7.09. The first-order chi connectivity index (χ1) is 10.0. The molecule has 0 saturated carbocycles. The van der Waals surface area contributed by atoms with E-state index >= 15 is 0 Å². The molecule has 21 heavy (non-hydrogen) atoms. The lowest BCUT2D eigenvalue weighted by atomic mass is 10.00. The van der Waals surface area contributed by atoms with Crippen LogP contribution in [0.1, 0.15) is 35.5 Å². The van der Waals surface area contributed by atoms with Gasteiger partial charge >= 0.3 is 0 Å². The number of benzene rings is 1. The molecule has 0 saturated heterocycles. The molecule has 0 spiro atoms. The van der Waals surface area contributed by atoms with Gasteiger partial charge in [0.1, 0.15) is 5.82 Å². The molecule has 0 amide bonds. The standard InChI is InChI=1S/C16H24N4S/c1-6-17-15(14-9-11(2)7-8-12(14)3)10-21-16-19-18-13(4)20(16)5/h7-9,15,17H,6,10H2,1-5H3. The second-order valence-electron chi connectivity index (χ2n) is 5.37. The lowest BCUT2D eigenvalue weighted by molar-refractivity contribution is 0.601. The maximum atomic E-state index is 4.23. The van der Waals surface area contributed by atoms with Crippen molar-refractivity contribution in [2.75, 3.05) is 12.3 Å². The summed E-state index contributed by atoms with van der Waals surface area (Å²) in [5.74, 6) is 1.90. The number of hydrogen-bond acceptors (Lipinski definition) is 4. The van der Waals surface area contributed by atoms with E-state index in [2.05, 4.69) is 54.5 Å². The van der Waals surface area contributed by atoms with E-state index in [9.17, 15) is 0 Å². The van der Waals surface area contributed by atoms with Gasteiger partial charge in [-0.1, -0.05) is 42.4 Å².